The van der Waals surface area contributed by atoms with E-state index in [1.807, 2.05) is 13.0 Å². The molecule has 1 N–H and O–H groups in total. The number of hydrogen-bond donors (Lipinski definition) is 1. The Kier molecular flexibility index (Phi) is 8.47. The molecule has 0 fully saturated rings. The predicted molar refractivity (Wildman–Crippen MR) is 130 cm³/mol. The molecule has 0 aromatic heterocycles. The molecule has 0 bridgehead atoms. The second kappa shape index (κ2) is 11.5. The molecule has 5 nitrogen and oxygen atoms in total. The topological polar surface area (TPSA) is 71.3 Å². The number of ether oxygens (including phenoxy) is 2. The van der Waals surface area contributed by atoms with Gasteiger partial charge in [-0.05, 0) is 61.0 Å². The van der Waals surface area contributed by atoms with Crippen LogP contribution in [0.25, 0.3) is 6.08 Å². The van der Waals surface area contributed by atoms with Crippen LogP contribution in [0.5, 0.6) is 11.5 Å². The summed E-state index contributed by atoms with van der Waals surface area (Å²) in [5.74, 6) is -0.129. The van der Waals surface area contributed by atoms with Crippen LogP contribution < -0.4 is 14.8 Å². The van der Waals surface area contributed by atoms with E-state index in [0.29, 0.717) is 44.4 Å². The number of benzene rings is 3. The van der Waals surface area contributed by atoms with E-state index < -0.39 is 5.91 Å². The van der Waals surface area contributed by atoms with Crippen LogP contribution in [0.4, 0.5) is 10.1 Å². The van der Waals surface area contributed by atoms with E-state index in [0.717, 1.165) is 0 Å². The van der Waals surface area contributed by atoms with E-state index in [1.165, 1.54) is 12.1 Å². The van der Waals surface area contributed by atoms with Crippen molar-refractivity contribution in [2.24, 2.45) is 0 Å². The minimum absolute atomic E-state index is 0.0152. The third kappa shape index (κ3) is 6.58. The van der Waals surface area contributed by atoms with Gasteiger partial charge in [-0.2, -0.15) is 5.26 Å². The third-order valence-electron chi connectivity index (χ3n) is 4.47. The summed E-state index contributed by atoms with van der Waals surface area (Å²) in [5.41, 5.74) is 1.36. The van der Waals surface area contributed by atoms with E-state index in [2.05, 4.69) is 21.2 Å². The number of hydrogen-bond acceptors (Lipinski definition) is 4. The molecule has 8 heteroatoms. The van der Waals surface area contributed by atoms with Crippen LogP contribution in [0.15, 0.2) is 70.7 Å². The van der Waals surface area contributed by atoms with Crippen LogP contribution in [-0.4, -0.2) is 12.5 Å². The third-order valence-corrected chi connectivity index (χ3v) is 5.41. The lowest BCUT2D eigenvalue weighted by Gasteiger charge is -2.14. The molecule has 3 aromatic rings. The lowest BCUT2D eigenvalue weighted by atomic mass is 10.1. The van der Waals surface area contributed by atoms with Gasteiger partial charge >= 0.3 is 0 Å². The summed E-state index contributed by atoms with van der Waals surface area (Å²) in [6, 6.07) is 18.1. The lowest BCUT2D eigenvalue weighted by Crippen LogP contribution is -2.13. The number of nitrogens with one attached hydrogen (secondary N) is 1. The van der Waals surface area contributed by atoms with E-state index in [-0.39, 0.29) is 18.0 Å². The Bertz CT molecular complexity index is 1220. The van der Waals surface area contributed by atoms with Crippen molar-refractivity contribution in [2.75, 3.05) is 11.9 Å². The zero-order valence-electron chi connectivity index (χ0n) is 17.6. The fraction of sp³-hybridized carbons (Fsp3) is 0.120. The number of nitriles is 1. The average Bonchev–Trinajstić information content (AvgIpc) is 2.80. The van der Waals surface area contributed by atoms with Gasteiger partial charge in [-0.15, -0.1) is 0 Å². The van der Waals surface area contributed by atoms with Crippen LogP contribution >= 0.6 is 27.5 Å². The summed E-state index contributed by atoms with van der Waals surface area (Å²) in [6.07, 6.45) is 1.44. The van der Waals surface area contributed by atoms with Crippen molar-refractivity contribution >= 4 is 45.2 Å². The molecular weight excluding hydrogens is 511 g/mol. The molecule has 0 heterocycles. The first-order valence-electron chi connectivity index (χ1n) is 9.92. The summed E-state index contributed by atoms with van der Waals surface area (Å²) >= 11 is 9.30. The van der Waals surface area contributed by atoms with Crippen LogP contribution in [0.2, 0.25) is 5.02 Å². The van der Waals surface area contributed by atoms with Crippen molar-refractivity contribution < 1.29 is 18.7 Å². The van der Waals surface area contributed by atoms with Gasteiger partial charge in [0, 0.05) is 20.7 Å². The van der Waals surface area contributed by atoms with Gasteiger partial charge < -0.3 is 14.8 Å². The molecule has 0 atom stereocenters. The highest BCUT2D eigenvalue weighted by molar-refractivity contribution is 9.10. The minimum Gasteiger partial charge on any atom is -0.490 e. The Labute approximate surface area is 204 Å². The molecule has 3 aromatic carbocycles. The first-order chi connectivity index (χ1) is 15.9. The highest BCUT2D eigenvalue weighted by atomic mass is 79.9. The number of rotatable bonds is 8. The zero-order chi connectivity index (χ0) is 23.8. The Morgan fingerprint density at radius 3 is 2.52 bits per heavy atom. The zero-order valence-corrected chi connectivity index (χ0v) is 19.9. The monoisotopic (exact) mass is 528 g/mol. The van der Waals surface area contributed by atoms with Crippen LogP contribution in [0.1, 0.15) is 18.1 Å². The quantitative estimate of drug-likeness (QED) is 0.258. The molecule has 33 heavy (non-hydrogen) atoms. The first-order valence-corrected chi connectivity index (χ1v) is 11.1. The number of halogens is 3. The van der Waals surface area contributed by atoms with Crippen molar-refractivity contribution in [1.29, 1.82) is 5.26 Å². The van der Waals surface area contributed by atoms with Crippen molar-refractivity contribution in [3.8, 4) is 17.6 Å². The maximum absolute atomic E-state index is 13.9. The average molecular weight is 530 g/mol. The molecular formula is C25H19BrClFN2O3. The maximum Gasteiger partial charge on any atom is 0.266 e. The van der Waals surface area contributed by atoms with Crippen molar-refractivity contribution in [3.05, 3.63) is 92.7 Å². The molecule has 0 radical (unpaired) electrons. The van der Waals surface area contributed by atoms with Crippen molar-refractivity contribution in [1.82, 2.24) is 0 Å². The van der Waals surface area contributed by atoms with Gasteiger partial charge in [-0.1, -0.05) is 45.7 Å². The van der Waals surface area contributed by atoms with E-state index in [1.54, 1.807) is 54.6 Å². The maximum atomic E-state index is 13.9. The molecule has 0 unspecified atom stereocenters. The lowest BCUT2D eigenvalue weighted by molar-refractivity contribution is -0.112. The number of nitrogens with zero attached hydrogens (tertiary/aromatic N) is 1. The van der Waals surface area contributed by atoms with Gasteiger partial charge in [0.2, 0.25) is 0 Å². The van der Waals surface area contributed by atoms with Crippen LogP contribution in [-0.2, 0) is 11.4 Å². The van der Waals surface area contributed by atoms with E-state index >= 15 is 0 Å². The standard InChI is InChI=1S/C25H19BrClFN2O3/c1-2-32-23-12-17(11-18(14-29)25(31)30-20-9-7-19(27)8-10-20)21(26)13-24(23)33-15-16-5-3-4-6-22(16)28/h3-13H,2,15H2,1H3,(H,30,31)/b18-11+. The fourth-order valence-electron chi connectivity index (χ4n) is 2.85. The van der Waals surface area contributed by atoms with Gasteiger partial charge in [0.1, 0.15) is 24.1 Å². The molecule has 0 spiro atoms. The molecule has 0 saturated heterocycles. The Balaban J connectivity index is 1.85. The molecule has 1 amide bonds. The summed E-state index contributed by atoms with van der Waals surface area (Å²) < 4.78 is 25.9. The van der Waals surface area contributed by atoms with Crippen molar-refractivity contribution in [3.63, 3.8) is 0 Å². The molecule has 168 valence electrons. The molecule has 0 aliphatic heterocycles. The van der Waals surface area contributed by atoms with Gasteiger partial charge in [-0.3, -0.25) is 4.79 Å². The van der Waals surface area contributed by atoms with Gasteiger partial charge in [0.15, 0.2) is 11.5 Å². The summed E-state index contributed by atoms with van der Waals surface area (Å²) in [6.45, 7) is 2.20. The summed E-state index contributed by atoms with van der Waals surface area (Å²) in [4.78, 5) is 12.6. The van der Waals surface area contributed by atoms with Crippen molar-refractivity contribution in [2.45, 2.75) is 13.5 Å². The Morgan fingerprint density at radius 2 is 1.85 bits per heavy atom. The second-order valence-corrected chi connectivity index (χ2v) is 8.06. The van der Waals surface area contributed by atoms with Gasteiger partial charge in [-0.25, -0.2) is 4.39 Å². The predicted octanol–water partition coefficient (Wildman–Crippen LogP) is 6.76. The number of anilines is 1. The fourth-order valence-corrected chi connectivity index (χ4v) is 3.41. The van der Waals surface area contributed by atoms with Gasteiger partial charge in [0.25, 0.3) is 5.91 Å². The molecule has 0 saturated carbocycles. The molecule has 0 aliphatic rings. The summed E-state index contributed by atoms with van der Waals surface area (Å²) in [7, 11) is 0. The number of amides is 1. The number of carbonyl (C=O) groups excluding carboxylic acids is 1. The first kappa shape index (κ1) is 24.3. The highest BCUT2D eigenvalue weighted by Gasteiger charge is 2.15. The minimum atomic E-state index is -0.565. The van der Waals surface area contributed by atoms with Gasteiger partial charge in [0.05, 0.1) is 6.61 Å². The Morgan fingerprint density at radius 1 is 1.15 bits per heavy atom. The Hall–Kier alpha value is -3.34. The molecule has 3 rings (SSSR count). The van der Waals surface area contributed by atoms with E-state index in [4.69, 9.17) is 21.1 Å². The van der Waals surface area contributed by atoms with Crippen LogP contribution in [0.3, 0.4) is 0 Å². The normalized spacial score (nSPS) is 10.9. The highest BCUT2D eigenvalue weighted by Crippen LogP contribution is 2.35. The largest absolute Gasteiger partial charge is 0.490 e. The molecule has 0 aliphatic carbocycles. The SMILES string of the molecule is CCOc1cc(/C=C(\C#N)C(=O)Nc2ccc(Cl)cc2)c(Br)cc1OCc1ccccc1F. The van der Waals surface area contributed by atoms with E-state index in [9.17, 15) is 14.4 Å². The van der Waals surface area contributed by atoms with Crippen LogP contribution in [0, 0.1) is 17.1 Å². The second-order valence-electron chi connectivity index (χ2n) is 6.76. The summed E-state index contributed by atoms with van der Waals surface area (Å²) in [5, 5.41) is 12.7. The smallest absolute Gasteiger partial charge is 0.266 e. The number of carbonyl (C=O) groups is 1.